The lowest BCUT2D eigenvalue weighted by atomic mass is 10.1. The van der Waals surface area contributed by atoms with Gasteiger partial charge in [0.2, 0.25) is 17.7 Å². The van der Waals surface area contributed by atoms with Crippen LogP contribution in [0.5, 0.6) is 0 Å². The van der Waals surface area contributed by atoms with E-state index < -0.39 is 0 Å². The van der Waals surface area contributed by atoms with Crippen LogP contribution in [0.2, 0.25) is 0 Å². The number of nitrogens with one attached hydrogen (secondary N) is 1. The van der Waals surface area contributed by atoms with E-state index in [4.69, 9.17) is 4.42 Å². The highest BCUT2D eigenvalue weighted by molar-refractivity contribution is 7.99. The van der Waals surface area contributed by atoms with Gasteiger partial charge in [-0.15, -0.1) is 10.2 Å². The molecule has 3 aromatic rings. The molecule has 154 valence electrons. The quantitative estimate of drug-likeness (QED) is 0.606. The summed E-state index contributed by atoms with van der Waals surface area (Å²) in [6.45, 7) is 4.51. The molecule has 1 saturated heterocycles. The Balaban J connectivity index is 1.32. The third kappa shape index (κ3) is 4.71. The molecular weight excluding hydrogens is 400 g/mol. The zero-order chi connectivity index (χ0) is 21.1. The fourth-order valence-corrected chi connectivity index (χ4v) is 3.82. The fraction of sp³-hybridized carbons (Fsp3) is 0.273. The Labute approximate surface area is 178 Å². The lowest BCUT2D eigenvalue weighted by Gasteiger charge is -2.16. The molecule has 0 unspecified atom stereocenters. The molecule has 2 aromatic carbocycles. The number of rotatable bonds is 6. The molecule has 1 aliphatic heterocycles. The molecule has 2 heterocycles. The van der Waals surface area contributed by atoms with Crippen LogP contribution in [0, 0.1) is 13.8 Å². The summed E-state index contributed by atoms with van der Waals surface area (Å²) < 4.78 is 5.72. The van der Waals surface area contributed by atoms with Crippen LogP contribution in [0.25, 0.3) is 0 Å². The molecule has 7 nitrogen and oxygen atoms in total. The Kier molecular flexibility index (Phi) is 5.85. The molecule has 1 atom stereocenters. The molecule has 1 aliphatic rings. The topological polar surface area (TPSA) is 88.3 Å². The SMILES string of the molecule is Cc1ccc(NC(=O)CSc2nnc([C@@H]3CC(=O)N(c4ccc(C)cc4)C3)o2)cc1. The van der Waals surface area contributed by atoms with Gasteiger partial charge in [-0.3, -0.25) is 9.59 Å². The first-order valence-corrected chi connectivity index (χ1v) is 10.7. The number of benzene rings is 2. The molecule has 0 bridgehead atoms. The molecule has 0 radical (unpaired) electrons. The van der Waals surface area contributed by atoms with Gasteiger partial charge in [0.25, 0.3) is 5.22 Å². The van der Waals surface area contributed by atoms with E-state index in [1.807, 2.05) is 62.4 Å². The maximum Gasteiger partial charge on any atom is 0.277 e. The summed E-state index contributed by atoms with van der Waals surface area (Å²) in [5.41, 5.74) is 3.90. The van der Waals surface area contributed by atoms with E-state index >= 15 is 0 Å². The standard InChI is InChI=1S/C22H22N4O3S/c1-14-3-7-17(8-4-14)23-19(27)13-30-22-25-24-21(29-22)16-11-20(28)26(12-16)18-9-5-15(2)6-10-18/h3-10,16H,11-13H2,1-2H3,(H,23,27)/t16-/m1/s1. The van der Waals surface area contributed by atoms with Crippen molar-refractivity contribution >= 4 is 35.0 Å². The summed E-state index contributed by atoms with van der Waals surface area (Å²) in [6, 6.07) is 15.5. The van der Waals surface area contributed by atoms with E-state index in [0.29, 0.717) is 24.1 Å². The van der Waals surface area contributed by atoms with Gasteiger partial charge in [0.05, 0.1) is 11.7 Å². The average Bonchev–Trinajstić information content (AvgIpc) is 3.35. The largest absolute Gasteiger partial charge is 0.416 e. The van der Waals surface area contributed by atoms with E-state index in [2.05, 4.69) is 15.5 Å². The number of hydrogen-bond acceptors (Lipinski definition) is 6. The number of aromatic nitrogens is 2. The number of carbonyl (C=O) groups excluding carboxylic acids is 2. The van der Waals surface area contributed by atoms with Crippen molar-refractivity contribution in [2.75, 3.05) is 22.5 Å². The molecule has 1 aromatic heterocycles. The first-order chi connectivity index (χ1) is 14.5. The van der Waals surface area contributed by atoms with Crippen molar-refractivity contribution in [2.24, 2.45) is 0 Å². The Morgan fingerprint density at radius 1 is 1.10 bits per heavy atom. The lowest BCUT2D eigenvalue weighted by Crippen LogP contribution is -2.24. The molecule has 30 heavy (non-hydrogen) atoms. The molecule has 0 aliphatic carbocycles. The second-order valence-corrected chi connectivity index (χ2v) is 8.28. The van der Waals surface area contributed by atoms with Crippen molar-refractivity contribution in [1.29, 1.82) is 0 Å². The third-order valence-corrected chi connectivity index (χ3v) is 5.72. The maximum absolute atomic E-state index is 12.4. The Morgan fingerprint density at radius 3 is 2.47 bits per heavy atom. The van der Waals surface area contributed by atoms with Gasteiger partial charge in [-0.05, 0) is 38.1 Å². The van der Waals surface area contributed by atoms with Crippen LogP contribution >= 0.6 is 11.8 Å². The number of carbonyl (C=O) groups is 2. The lowest BCUT2D eigenvalue weighted by molar-refractivity contribution is -0.117. The molecule has 0 saturated carbocycles. The summed E-state index contributed by atoms with van der Waals surface area (Å²) in [5, 5.41) is 11.3. The van der Waals surface area contributed by atoms with E-state index in [9.17, 15) is 9.59 Å². The number of thioether (sulfide) groups is 1. The Bertz CT molecular complexity index is 1050. The number of hydrogen-bond donors (Lipinski definition) is 1. The normalized spacial score (nSPS) is 16.1. The fourth-order valence-electron chi connectivity index (χ4n) is 3.25. The van der Waals surface area contributed by atoms with Crippen molar-refractivity contribution < 1.29 is 14.0 Å². The number of aryl methyl sites for hydroxylation is 2. The smallest absolute Gasteiger partial charge is 0.277 e. The number of anilines is 2. The first-order valence-electron chi connectivity index (χ1n) is 9.67. The summed E-state index contributed by atoms with van der Waals surface area (Å²) >= 11 is 1.18. The molecule has 1 N–H and O–H groups in total. The minimum absolute atomic E-state index is 0.0359. The molecular formula is C22H22N4O3S. The van der Waals surface area contributed by atoms with Gasteiger partial charge in [-0.25, -0.2) is 0 Å². The highest BCUT2D eigenvalue weighted by Crippen LogP contribution is 2.32. The predicted octanol–water partition coefficient (Wildman–Crippen LogP) is 3.94. The number of nitrogens with zero attached hydrogens (tertiary/aromatic N) is 3. The summed E-state index contributed by atoms with van der Waals surface area (Å²) in [7, 11) is 0. The van der Waals surface area contributed by atoms with Crippen molar-refractivity contribution in [3.8, 4) is 0 Å². The van der Waals surface area contributed by atoms with Crippen molar-refractivity contribution in [1.82, 2.24) is 10.2 Å². The van der Waals surface area contributed by atoms with Crippen molar-refractivity contribution in [3.63, 3.8) is 0 Å². The van der Waals surface area contributed by atoms with Crippen LogP contribution in [-0.2, 0) is 9.59 Å². The van der Waals surface area contributed by atoms with Gasteiger partial charge < -0.3 is 14.6 Å². The molecule has 0 spiro atoms. The van der Waals surface area contributed by atoms with Gasteiger partial charge in [0.15, 0.2) is 0 Å². The second kappa shape index (κ2) is 8.71. The summed E-state index contributed by atoms with van der Waals surface area (Å²) in [6.07, 6.45) is 0.327. The van der Waals surface area contributed by atoms with Gasteiger partial charge in [0.1, 0.15) is 0 Å². The Hall–Kier alpha value is -3.13. The zero-order valence-electron chi connectivity index (χ0n) is 16.8. The van der Waals surface area contributed by atoms with Crippen LogP contribution < -0.4 is 10.2 Å². The van der Waals surface area contributed by atoms with Gasteiger partial charge in [0, 0.05) is 24.3 Å². The minimum Gasteiger partial charge on any atom is -0.416 e. The van der Waals surface area contributed by atoms with E-state index in [1.165, 1.54) is 11.8 Å². The molecule has 2 amide bonds. The van der Waals surface area contributed by atoms with Crippen LogP contribution in [0.3, 0.4) is 0 Å². The predicted molar refractivity (Wildman–Crippen MR) is 116 cm³/mol. The van der Waals surface area contributed by atoms with Gasteiger partial charge >= 0.3 is 0 Å². The third-order valence-electron chi connectivity index (χ3n) is 4.90. The average molecular weight is 423 g/mol. The first kappa shape index (κ1) is 20.2. The van der Waals surface area contributed by atoms with Crippen molar-refractivity contribution in [3.05, 3.63) is 65.5 Å². The highest BCUT2D eigenvalue weighted by Gasteiger charge is 2.35. The minimum atomic E-state index is -0.151. The van der Waals surface area contributed by atoms with Crippen LogP contribution in [0.4, 0.5) is 11.4 Å². The van der Waals surface area contributed by atoms with E-state index in [-0.39, 0.29) is 23.5 Å². The van der Waals surface area contributed by atoms with Gasteiger partial charge in [-0.1, -0.05) is 47.2 Å². The van der Waals surface area contributed by atoms with Crippen molar-refractivity contribution in [2.45, 2.75) is 31.4 Å². The van der Waals surface area contributed by atoms with E-state index in [0.717, 1.165) is 22.5 Å². The summed E-state index contributed by atoms with van der Waals surface area (Å²) in [5.74, 6) is 0.328. The zero-order valence-corrected chi connectivity index (χ0v) is 17.6. The molecule has 8 heteroatoms. The second-order valence-electron chi connectivity index (χ2n) is 7.35. The maximum atomic E-state index is 12.4. The molecule has 4 rings (SSSR count). The van der Waals surface area contributed by atoms with Crippen LogP contribution in [0.15, 0.2) is 58.2 Å². The number of amides is 2. The summed E-state index contributed by atoms with van der Waals surface area (Å²) in [4.78, 5) is 26.3. The Morgan fingerprint density at radius 2 is 1.77 bits per heavy atom. The van der Waals surface area contributed by atoms with Gasteiger partial charge in [-0.2, -0.15) is 0 Å². The van der Waals surface area contributed by atoms with Crippen LogP contribution in [-0.4, -0.2) is 34.3 Å². The highest BCUT2D eigenvalue weighted by atomic mass is 32.2. The van der Waals surface area contributed by atoms with Crippen LogP contribution in [0.1, 0.15) is 29.4 Å². The van der Waals surface area contributed by atoms with E-state index in [1.54, 1.807) is 4.90 Å². The molecule has 1 fully saturated rings. The monoisotopic (exact) mass is 422 g/mol.